The molecule has 122 valence electrons. The maximum atomic E-state index is 12.5. The van der Waals surface area contributed by atoms with Crippen molar-refractivity contribution >= 4 is 39.6 Å². The summed E-state index contributed by atoms with van der Waals surface area (Å²) in [6, 6.07) is 4.22. The Kier molecular flexibility index (Phi) is 3.38. The number of carbonyl (C=O) groups is 2. The van der Waals surface area contributed by atoms with Gasteiger partial charge < -0.3 is 0 Å². The summed E-state index contributed by atoms with van der Waals surface area (Å²) in [5, 5.41) is 15.7. The maximum absolute atomic E-state index is 12.5. The molecule has 7 nitrogen and oxygen atoms in total. The van der Waals surface area contributed by atoms with Crippen LogP contribution in [-0.4, -0.2) is 28.0 Å². The van der Waals surface area contributed by atoms with E-state index in [4.69, 9.17) is 0 Å². The van der Waals surface area contributed by atoms with Gasteiger partial charge in [-0.3, -0.25) is 19.7 Å². The van der Waals surface area contributed by atoms with Crippen molar-refractivity contribution in [3.05, 3.63) is 50.5 Å². The fourth-order valence-corrected chi connectivity index (χ4v) is 4.32. The molecule has 0 radical (unpaired) electrons. The first-order valence-electron chi connectivity index (χ1n) is 7.51. The molecule has 2 aliphatic carbocycles. The molecule has 1 aromatic carbocycles. The number of amides is 2. The van der Waals surface area contributed by atoms with Crippen LogP contribution in [0.1, 0.15) is 12.0 Å². The number of benzene rings is 1. The molecule has 0 N–H and O–H groups in total. The molecule has 2 bridgehead atoms. The number of hydrazone groups is 1. The van der Waals surface area contributed by atoms with Crippen LogP contribution in [0.15, 0.2) is 39.9 Å². The second kappa shape index (κ2) is 5.34. The minimum atomic E-state index is -0.497. The summed E-state index contributed by atoms with van der Waals surface area (Å²) < 4.78 is 0.474. The molecule has 4 atom stereocenters. The normalized spacial score (nSPS) is 30.6. The van der Waals surface area contributed by atoms with Gasteiger partial charge in [-0.25, -0.2) is 0 Å². The topological polar surface area (TPSA) is 92.9 Å². The number of carbonyl (C=O) groups excluding carboxylic acids is 2. The molecule has 1 aromatic rings. The average Bonchev–Trinajstić information content (AvgIpc) is 3.21. The second-order valence-electron chi connectivity index (χ2n) is 6.20. The van der Waals surface area contributed by atoms with Crippen LogP contribution in [-0.2, 0) is 9.59 Å². The van der Waals surface area contributed by atoms with Crippen LogP contribution in [0.25, 0.3) is 0 Å². The number of rotatable bonds is 3. The van der Waals surface area contributed by atoms with E-state index in [-0.39, 0.29) is 41.2 Å². The van der Waals surface area contributed by atoms with Gasteiger partial charge in [0.2, 0.25) is 0 Å². The van der Waals surface area contributed by atoms with Crippen LogP contribution in [0.4, 0.5) is 5.69 Å². The van der Waals surface area contributed by atoms with Gasteiger partial charge in [-0.15, -0.1) is 0 Å². The zero-order valence-electron chi connectivity index (χ0n) is 12.3. The Labute approximate surface area is 145 Å². The molecule has 8 heteroatoms. The number of nitrogens with zero attached hydrogens (tertiary/aromatic N) is 3. The molecule has 1 saturated carbocycles. The largest absolute Gasteiger partial charge is 0.272 e. The van der Waals surface area contributed by atoms with Gasteiger partial charge in [0.15, 0.2) is 0 Å². The summed E-state index contributed by atoms with van der Waals surface area (Å²) in [6.45, 7) is 0. The number of non-ortho nitro benzene ring substituents is 1. The Morgan fingerprint density at radius 3 is 2.38 bits per heavy atom. The fraction of sp³-hybridized carbons (Fsp3) is 0.312. The zero-order chi connectivity index (χ0) is 17.0. The van der Waals surface area contributed by atoms with Crippen molar-refractivity contribution < 1.29 is 14.5 Å². The van der Waals surface area contributed by atoms with Crippen LogP contribution in [0.5, 0.6) is 0 Å². The van der Waals surface area contributed by atoms with Gasteiger partial charge in [-0.05, 0) is 40.3 Å². The van der Waals surface area contributed by atoms with Crippen LogP contribution >= 0.6 is 15.9 Å². The van der Waals surface area contributed by atoms with Crippen molar-refractivity contribution in [1.29, 1.82) is 0 Å². The lowest BCUT2D eigenvalue weighted by Crippen LogP contribution is -2.28. The monoisotopic (exact) mass is 389 g/mol. The van der Waals surface area contributed by atoms with Crippen LogP contribution in [0.3, 0.4) is 0 Å². The Morgan fingerprint density at radius 2 is 1.83 bits per heavy atom. The molecule has 24 heavy (non-hydrogen) atoms. The standard InChI is InChI=1S/C16H12BrN3O4/c17-12-6-11(20(23)24)4-3-10(12)7-18-19-15(21)13-8-1-2-9(5-8)14(13)16(19)22/h1-4,6-9,13-14H,5H2/b18-7-/t8-,9-,13-,14+/m0/s1. The molecule has 1 saturated heterocycles. The van der Waals surface area contributed by atoms with E-state index in [1.807, 2.05) is 12.2 Å². The second-order valence-corrected chi connectivity index (χ2v) is 7.05. The van der Waals surface area contributed by atoms with Crippen molar-refractivity contribution in [1.82, 2.24) is 5.01 Å². The van der Waals surface area contributed by atoms with Gasteiger partial charge in [-0.1, -0.05) is 12.2 Å². The van der Waals surface area contributed by atoms with Gasteiger partial charge in [0.05, 0.1) is 23.0 Å². The van der Waals surface area contributed by atoms with Gasteiger partial charge in [0.1, 0.15) is 0 Å². The quantitative estimate of drug-likeness (QED) is 0.261. The van der Waals surface area contributed by atoms with E-state index in [0.29, 0.717) is 10.0 Å². The first-order chi connectivity index (χ1) is 11.5. The Hall–Kier alpha value is -2.35. The molecular weight excluding hydrogens is 378 g/mol. The Balaban J connectivity index is 1.58. The summed E-state index contributed by atoms with van der Waals surface area (Å²) in [5.74, 6) is -0.798. The smallest absolute Gasteiger partial charge is 0.270 e. The maximum Gasteiger partial charge on any atom is 0.270 e. The summed E-state index contributed by atoms with van der Waals surface area (Å²) in [5.41, 5.74) is 0.504. The van der Waals surface area contributed by atoms with Crippen LogP contribution in [0, 0.1) is 33.8 Å². The van der Waals surface area contributed by atoms with Gasteiger partial charge in [-0.2, -0.15) is 10.1 Å². The van der Waals surface area contributed by atoms with E-state index in [1.54, 1.807) is 0 Å². The minimum Gasteiger partial charge on any atom is -0.272 e. The third-order valence-corrected chi connectivity index (χ3v) is 5.64. The lowest BCUT2D eigenvalue weighted by atomic mass is 9.85. The summed E-state index contributed by atoms with van der Waals surface area (Å²) in [7, 11) is 0. The number of nitro benzene ring substituents is 1. The number of allylic oxidation sites excluding steroid dienone is 2. The van der Waals surface area contributed by atoms with Gasteiger partial charge in [0.25, 0.3) is 17.5 Å². The molecule has 1 aliphatic heterocycles. The number of imide groups is 1. The Bertz CT molecular complexity index is 805. The van der Waals surface area contributed by atoms with Gasteiger partial charge in [0, 0.05) is 22.2 Å². The van der Waals surface area contributed by atoms with E-state index in [2.05, 4.69) is 21.0 Å². The van der Waals surface area contributed by atoms with Gasteiger partial charge >= 0.3 is 0 Å². The minimum absolute atomic E-state index is 0.0514. The molecule has 4 rings (SSSR count). The highest BCUT2D eigenvalue weighted by Crippen LogP contribution is 2.52. The van der Waals surface area contributed by atoms with E-state index in [1.165, 1.54) is 24.4 Å². The van der Waals surface area contributed by atoms with Crippen molar-refractivity contribution in [2.24, 2.45) is 28.8 Å². The molecule has 2 fully saturated rings. The van der Waals surface area contributed by atoms with E-state index in [0.717, 1.165) is 11.4 Å². The van der Waals surface area contributed by atoms with Crippen molar-refractivity contribution in [3.8, 4) is 0 Å². The first-order valence-corrected chi connectivity index (χ1v) is 8.30. The lowest BCUT2D eigenvalue weighted by Gasteiger charge is -2.13. The molecule has 3 aliphatic rings. The molecule has 2 amide bonds. The summed E-state index contributed by atoms with van der Waals surface area (Å²) >= 11 is 3.24. The highest BCUT2D eigenvalue weighted by Gasteiger charge is 2.59. The van der Waals surface area contributed by atoms with E-state index < -0.39 is 4.92 Å². The van der Waals surface area contributed by atoms with Crippen molar-refractivity contribution in [2.75, 3.05) is 0 Å². The molecule has 0 spiro atoms. The molecular formula is C16H12BrN3O4. The lowest BCUT2D eigenvalue weighted by molar-refractivity contribution is -0.384. The molecule has 0 unspecified atom stereocenters. The summed E-state index contributed by atoms with van der Waals surface area (Å²) in [6.07, 6.45) is 6.30. The fourth-order valence-electron chi connectivity index (χ4n) is 3.85. The van der Waals surface area contributed by atoms with Crippen LogP contribution in [0.2, 0.25) is 0 Å². The third-order valence-electron chi connectivity index (χ3n) is 4.95. The van der Waals surface area contributed by atoms with Crippen molar-refractivity contribution in [2.45, 2.75) is 6.42 Å². The average molecular weight is 390 g/mol. The predicted octanol–water partition coefficient (Wildman–Crippen LogP) is 2.50. The number of nitro groups is 1. The number of halogens is 1. The zero-order valence-corrected chi connectivity index (χ0v) is 13.9. The van der Waals surface area contributed by atoms with E-state index >= 15 is 0 Å². The highest BCUT2D eigenvalue weighted by molar-refractivity contribution is 9.10. The number of hydrogen-bond acceptors (Lipinski definition) is 5. The Morgan fingerprint density at radius 1 is 1.21 bits per heavy atom. The predicted molar refractivity (Wildman–Crippen MR) is 88.0 cm³/mol. The SMILES string of the molecule is O=C1[C@@H]2[C@H](C(=O)N1/N=C\c1ccc([N+](=O)[O-])cc1Br)[C@H]1C=C[C@H]2C1. The number of hydrogen-bond donors (Lipinski definition) is 0. The molecule has 1 heterocycles. The third kappa shape index (κ3) is 2.13. The van der Waals surface area contributed by atoms with E-state index in [9.17, 15) is 19.7 Å². The number of fused-ring (bicyclic) bond motifs is 5. The first kappa shape index (κ1) is 15.2. The van der Waals surface area contributed by atoms with Crippen molar-refractivity contribution in [3.63, 3.8) is 0 Å². The van der Waals surface area contributed by atoms with Crippen LogP contribution < -0.4 is 0 Å². The summed E-state index contributed by atoms with van der Waals surface area (Å²) in [4.78, 5) is 35.2. The molecule has 0 aromatic heterocycles. The highest BCUT2D eigenvalue weighted by atomic mass is 79.9.